The van der Waals surface area contributed by atoms with Crippen molar-refractivity contribution in [1.82, 2.24) is 0 Å². The Kier molecular flexibility index (Phi) is 1.63. The molecule has 0 radical (unpaired) electrons. The van der Waals surface area contributed by atoms with Crippen LogP contribution in [-0.2, 0) is 0 Å². The molecular weight excluding hydrogens is 113 g/mol. The van der Waals surface area contributed by atoms with Crippen LogP contribution in [0.3, 0.4) is 0 Å². The maximum absolute atomic E-state index is 9.91. The highest BCUT2D eigenvalue weighted by Gasteiger charge is 1.87. The van der Waals surface area contributed by atoms with Crippen molar-refractivity contribution in [2.45, 2.75) is 0 Å². The lowest BCUT2D eigenvalue weighted by molar-refractivity contribution is 1.51. The summed E-state index contributed by atoms with van der Waals surface area (Å²) >= 11 is 0. The summed E-state index contributed by atoms with van der Waals surface area (Å²) in [5, 5.41) is 2.78. The van der Waals surface area contributed by atoms with E-state index in [9.17, 15) is 4.91 Å². The lowest BCUT2D eigenvalue weighted by Gasteiger charge is -1.88. The van der Waals surface area contributed by atoms with Crippen molar-refractivity contribution >= 4 is 19.0 Å². The minimum atomic E-state index is 0.495. The van der Waals surface area contributed by atoms with E-state index in [4.69, 9.17) is 0 Å². The van der Waals surface area contributed by atoms with Crippen molar-refractivity contribution in [2.75, 3.05) is 0 Å². The summed E-state index contributed by atoms with van der Waals surface area (Å²) in [5.74, 6) is 0. The van der Waals surface area contributed by atoms with Gasteiger partial charge >= 0.3 is 0 Å². The quantitative estimate of drug-likeness (QED) is 0.387. The molecule has 44 valence electrons. The molecule has 0 aliphatic rings. The van der Waals surface area contributed by atoms with Crippen molar-refractivity contribution in [1.29, 1.82) is 0 Å². The molecule has 1 rings (SSSR count). The highest BCUT2D eigenvalue weighted by molar-refractivity contribution is 6.32. The first-order chi connectivity index (χ1) is 4.33. The van der Waals surface area contributed by atoms with Crippen LogP contribution in [0.4, 0.5) is 5.69 Å². The van der Waals surface area contributed by atoms with Gasteiger partial charge in [-0.2, -0.15) is 0 Å². The van der Waals surface area contributed by atoms with E-state index in [0.717, 1.165) is 5.46 Å². The molecule has 3 heteroatoms. The van der Waals surface area contributed by atoms with E-state index < -0.39 is 0 Å². The molecule has 0 heterocycles. The first-order valence-electron chi connectivity index (χ1n) is 2.73. The molecule has 0 aromatic heterocycles. The monoisotopic (exact) mass is 119 g/mol. The molecule has 9 heavy (non-hydrogen) atoms. The van der Waals surface area contributed by atoms with Gasteiger partial charge < -0.3 is 0 Å². The van der Waals surface area contributed by atoms with Gasteiger partial charge in [0.2, 0.25) is 0 Å². The summed E-state index contributed by atoms with van der Waals surface area (Å²) in [4.78, 5) is 9.91. The van der Waals surface area contributed by atoms with Crippen LogP contribution in [0.5, 0.6) is 0 Å². The van der Waals surface area contributed by atoms with E-state index in [2.05, 4.69) is 5.18 Å². The molecule has 2 nitrogen and oxygen atoms in total. The van der Waals surface area contributed by atoms with E-state index in [-0.39, 0.29) is 0 Å². The molecule has 0 amide bonds. The van der Waals surface area contributed by atoms with Crippen molar-refractivity contribution in [3.8, 4) is 0 Å². The summed E-state index contributed by atoms with van der Waals surface area (Å²) < 4.78 is 0. The topological polar surface area (TPSA) is 29.4 Å². The molecule has 0 bridgehead atoms. The third kappa shape index (κ3) is 1.39. The average molecular weight is 119 g/mol. The molecular formula is C6H6BNO. The van der Waals surface area contributed by atoms with E-state index in [1.54, 1.807) is 12.1 Å². The second kappa shape index (κ2) is 2.44. The number of hydrogen-bond acceptors (Lipinski definition) is 2. The molecule has 0 unspecified atom stereocenters. The van der Waals surface area contributed by atoms with Gasteiger partial charge in [-0.3, -0.25) is 0 Å². The van der Waals surface area contributed by atoms with E-state index >= 15 is 0 Å². The molecule has 0 spiro atoms. The van der Waals surface area contributed by atoms with Crippen LogP contribution in [0.1, 0.15) is 0 Å². The van der Waals surface area contributed by atoms with Crippen LogP contribution in [-0.4, -0.2) is 7.85 Å². The Bertz CT molecular complexity index is 224. The molecule has 0 atom stereocenters. The van der Waals surface area contributed by atoms with Crippen molar-refractivity contribution in [3.63, 3.8) is 0 Å². The fraction of sp³-hybridized carbons (Fsp3) is 0. The predicted molar refractivity (Wildman–Crippen MR) is 40.1 cm³/mol. The molecule has 1 aromatic rings. The highest BCUT2D eigenvalue weighted by atomic mass is 16.3. The molecule has 0 fully saturated rings. The zero-order chi connectivity index (χ0) is 6.69. The number of nitroso groups, excluding NO2 is 1. The largest absolute Gasteiger partial charge is 0.145 e. The molecule has 0 aliphatic carbocycles. The van der Waals surface area contributed by atoms with Crippen LogP contribution in [0.15, 0.2) is 29.4 Å². The van der Waals surface area contributed by atoms with E-state index in [1.165, 1.54) is 0 Å². The zero-order valence-corrected chi connectivity index (χ0v) is 5.16. The van der Waals surface area contributed by atoms with Gasteiger partial charge in [0.25, 0.3) is 0 Å². The minimum Gasteiger partial charge on any atom is -0.145 e. The molecule has 0 aliphatic heterocycles. The van der Waals surface area contributed by atoms with Gasteiger partial charge in [0.05, 0.1) is 0 Å². The third-order valence-corrected chi connectivity index (χ3v) is 1.11. The normalized spacial score (nSPS) is 8.89. The number of nitrogens with zero attached hydrogens (tertiary/aromatic N) is 1. The maximum Gasteiger partial charge on any atom is 0.139 e. The fourth-order valence-electron chi connectivity index (χ4n) is 0.685. The summed E-state index contributed by atoms with van der Waals surface area (Å²) in [7, 11) is 1.93. The number of benzene rings is 1. The van der Waals surface area contributed by atoms with Crippen LogP contribution < -0.4 is 5.46 Å². The first-order valence-corrected chi connectivity index (χ1v) is 2.73. The summed E-state index contributed by atoms with van der Waals surface area (Å²) in [6.07, 6.45) is 0. The lowest BCUT2D eigenvalue weighted by atomic mass is 9.96. The Labute approximate surface area is 54.3 Å². The van der Waals surface area contributed by atoms with Gasteiger partial charge in [0, 0.05) is 0 Å². The van der Waals surface area contributed by atoms with Gasteiger partial charge in [-0.05, 0) is 17.3 Å². The van der Waals surface area contributed by atoms with Crippen LogP contribution in [0.2, 0.25) is 0 Å². The summed E-state index contributed by atoms with van der Waals surface area (Å²) in [6, 6.07) is 7.16. The zero-order valence-electron chi connectivity index (χ0n) is 5.16. The van der Waals surface area contributed by atoms with Crippen LogP contribution >= 0.6 is 0 Å². The maximum atomic E-state index is 9.91. The molecule has 0 saturated carbocycles. The Hall–Kier alpha value is -1.12. The standard InChI is InChI=1S/C6H6BNO/c7-5-2-1-3-6(4-5)8-9/h1-4H,7H2. The smallest absolute Gasteiger partial charge is 0.139 e. The molecule has 0 N–H and O–H groups in total. The Balaban J connectivity index is 3.07. The van der Waals surface area contributed by atoms with Gasteiger partial charge in [-0.25, -0.2) is 0 Å². The SMILES string of the molecule is Bc1cccc(N=O)c1. The summed E-state index contributed by atoms with van der Waals surface area (Å²) in [6.45, 7) is 0. The highest BCUT2D eigenvalue weighted by Crippen LogP contribution is 2.05. The van der Waals surface area contributed by atoms with Gasteiger partial charge in [-0.15, -0.1) is 4.91 Å². The van der Waals surface area contributed by atoms with Crippen molar-refractivity contribution < 1.29 is 0 Å². The Morgan fingerprint density at radius 2 is 2.22 bits per heavy atom. The lowest BCUT2D eigenvalue weighted by Crippen LogP contribution is -1.98. The molecule has 0 saturated heterocycles. The van der Waals surface area contributed by atoms with Crippen LogP contribution in [0, 0.1) is 4.91 Å². The second-order valence-corrected chi connectivity index (χ2v) is 1.93. The van der Waals surface area contributed by atoms with Crippen molar-refractivity contribution in [2.24, 2.45) is 5.18 Å². The third-order valence-electron chi connectivity index (χ3n) is 1.11. The van der Waals surface area contributed by atoms with E-state index in [1.807, 2.05) is 20.0 Å². The Morgan fingerprint density at radius 1 is 1.44 bits per heavy atom. The number of hydrogen-bond donors (Lipinski definition) is 0. The first kappa shape index (κ1) is 6.01. The van der Waals surface area contributed by atoms with Gasteiger partial charge in [0.15, 0.2) is 0 Å². The predicted octanol–water partition coefficient (Wildman–Crippen LogP) is 0.343. The van der Waals surface area contributed by atoms with Gasteiger partial charge in [0.1, 0.15) is 13.5 Å². The van der Waals surface area contributed by atoms with Gasteiger partial charge in [-0.1, -0.05) is 17.6 Å². The average Bonchev–Trinajstić information content (AvgIpc) is 1.88. The Morgan fingerprint density at radius 3 is 2.67 bits per heavy atom. The molecule has 1 aromatic carbocycles. The number of rotatable bonds is 1. The van der Waals surface area contributed by atoms with E-state index in [0.29, 0.717) is 5.69 Å². The van der Waals surface area contributed by atoms with Crippen LogP contribution in [0.25, 0.3) is 0 Å². The minimum absolute atomic E-state index is 0.495. The van der Waals surface area contributed by atoms with Crippen molar-refractivity contribution in [3.05, 3.63) is 29.2 Å². The fourth-order valence-corrected chi connectivity index (χ4v) is 0.685. The second-order valence-electron chi connectivity index (χ2n) is 1.93. The summed E-state index contributed by atoms with van der Waals surface area (Å²) in [5.41, 5.74) is 1.56.